The standard InChI is InChI=1S/C19H21NS/c1-12-5-8-19(20-10-12)16-7-6-13(2)17(9-16)18-11-21-15(4)14(18)3/h5-10,18H,11H2,1-4H3/i1D3,2D3. The van der Waals surface area contributed by atoms with Crippen LogP contribution in [-0.2, 0) is 0 Å². The van der Waals surface area contributed by atoms with E-state index < -0.39 is 13.7 Å². The Morgan fingerprint density at radius 3 is 2.71 bits per heavy atom. The summed E-state index contributed by atoms with van der Waals surface area (Å²) >= 11 is 1.75. The van der Waals surface area contributed by atoms with E-state index in [1.54, 1.807) is 36.0 Å². The van der Waals surface area contributed by atoms with E-state index in [4.69, 9.17) is 8.22 Å². The topological polar surface area (TPSA) is 12.9 Å². The lowest BCUT2D eigenvalue weighted by atomic mass is 9.89. The Morgan fingerprint density at radius 2 is 2.10 bits per heavy atom. The molecule has 1 aromatic heterocycles. The van der Waals surface area contributed by atoms with Gasteiger partial charge < -0.3 is 0 Å². The molecule has 2 heteroatoms. The van der Waals surface area contributed by atoms with Crippen LogP contribution in [0, 0.1) is 13.7 Å². The van der Waals surface area contributed by atoms with Crippen LogP contribution in [0.25, 0.3) is 11.3 Å². The first-order valence-electron chi connectivity index (χ1n) is 9.90. The van der Waals surface area contributed by atoms with Gasteiger partial charge in [-0.05, 0) is 61.3 Å². The molecule has 1 aliphatic rings. The van der Waals surface area contributed by atoms with Gasteiger partial charge in [-0.25, -0.2) is 0 Å². The highest BCUT2D eigenvalue weighted by molar-refractivity contribution is 8.03. The van der Waals surface area contributed by atoms with E-state index in [-0.39, 0.29) is 11.5 Å². The maximum Gasteiger partial charge on any atom is 0.0702 e. The average Bonchev–Trinajstić information content (AvgIpc) is 2.92. The number of benzene rings is 1. The summed E-state index contributed by atoms with van der Waals surface area (Å²) in [6.07, 6.45) is 1.36. The summed E-state index contributed by atoms with van der Waals surface area (Å²) in [5, 5.41) is 0. The molecule has 0 aliphatic carbocycles. The first-order valence-corrected chi connectivity index (χ1v) is 7.88. The fourth-order valence-corrected chi connectivity index (χ4v) is 3.81. The van der Waals surface area contributed by atoms with Crippen LogP contribution < -0.4 is 0 Å². The fourth-order valence-electron chi connectivity index (χ4n) is 2.59. The maximum atomic E-state index is 7.90. The normalized spacial score (nSPS) is 23.8. The molecule has 1 aliphatic heterocycles. The van der Waals surface area contributed by atoms with Gasteiger partial charge in [0, 0.05) is 31.7 Å². The number of hydrogen-bond donors (Lipinski definition) is 0. The van der Waals surface area contributed by atoms with Crippen LogP contribution >= 0.6 is 11.8 Å². The van der Waals surface area contributed by atoms with Crippen molar-refractivity contribution in [3.8, 4) is 11.3 Å². The Labute approximate surface area is 139 Å². The Kier molecular flexibility index (Phi) is 2.38. The minimum atomic E-state index is -2.19. The predicted octanol–water partition coefficient (Wildman–Crippen LogP) is 5.49. The third-order valence-corrected chi connectivity index (χ3v) is 5.29. The Bertz CT molecular complexity index is 881. The summed E-state index contributed by atoms with van der Waals surface area (Å²) < 4.78 is 46.1. The molecule has 0 radical (unpaired) electrons. The van der Waals surface area contributed by atoms with Crippen LogP contribution in [0.3, 0.4) is 0 Å². The van der Waals surface area contributed by atoms with E-state index in [0.717, 1.165) is 16.9 Å². The lowest BCUT2D eigenvalue weighted by molar-refractivity contribution is 0.908. The van der Waals surface area contributed by atoms with Crippen molar-refractivity contribution in [3.63, 3.8) is 0 Å². The third-order valence-electron chi connectivity index (χ3n) is 4.03. The molecule has 0 bridgehead atoms. The first kappa shape index (κ1) is 8.79. The number of aromatic nitrogens is 1. The van der Waals surface area contributed by atoms with Crippen LogP contribution in [0.4, 0.5) is 0 Å². The van der Waals surface area contributed by atoms with E-state index >= 15 is 0 Å². The molecule has 2 heterocycles. The number of allylic oxidation sites excluding steroid dienone is 2. The summed E-state index contributed by atoms with van der Waals surface area (Å²) in [4.78, 5) is 5.53. The lowest BCUT2D eigenvalue weighted by Crippen LogP contribution is -2.02. The third kappa shape index (κ3) is 2.77. The van der Waals surface area contributed by atoms with Gasteiger partial charge in [-0.3, -0.25) is 4.98 Å². The first-order chi connectivity index (χ1) is 12.5. The van der Waals surface area contributed by atoms with E-state index in [1.807, 2.05) is 6.07 Å². The lowest BCUT2D eigenvalue weighted by Gasteiger charge is -2.16. The molecule has 2 aromatic rings. The second kappa shape index (κ2) is 5.69. The molecule has 0 saturated carbocycles. The molecule has 0 N–H and O–H groups in total. The monoisotopic (exact) mass is 301 g/mol. The van der Waals surface area contributed by atoms with E-state index in [9.17, 15) is 0 Å². The van der Waals surface area contributed by atoms with Crippen LogP contribution in [-0.4, -0.2) is 10.7 Å². The summed E-state index contributed by atoms with van der Waals surface area (Å²) in [6, 6.07) is 8.52. The van der Waals surface area contributed by atoms with E-state index in [1.165, 1.54) is 16.7 Å². The SMILES string of the molecule is [2H]C([2H])([2H])c1ccc(-c2ccc(C([2H])([2H])[2H])c(C3CSC(C)=C3C)c2)nc1. The van der Waals surface area contributed by atoms with Crippen molar-refractivity contribution in [1.82, 2.24) is 4.98 Å². The number of pyridine rings is 1. The van der Waals surface area contributed by atoms with Gasteiger partial charge in [-0.15, -0.1) is 11.8 Å². The maximum absolute atomic E-state index is 7.90. The molecule has 1 unspecified atom stereocenters. The van der Waals surface area contributed by atoms with Gasteiger partial charge in [-0.2, -0.15) is 0 Å². The summed E-state index contributed by atoms with van der Waals surface area (Å²) in [5.41, 5.74) is 3.98. The minimum Gasteiger partial charge on any atom is -0.256 e. The van der Waals surface area contributed by atoms with Crippen LogP contribution in [0.1, 0.15) is 44.7 Å². The fraction of sp³-hybridized carbons (Fsp3) is 0.316. The zero-order chi connectivity index (χ0) is 20.0. The van der Waals surface area contributed by atoms with Crippen molar-refractivity contribution in [2.45, 2.75) is 33.5 Å². The predicted molar refractivity (Wildman–Crippen MR) is 92.7 cm³/mol. The highest BCUT2D eigenvalue weighted by Gasteiger charge is 2.23. The zero-order valence-electron chi connectivity index (χ0n) is 18.1. The van der Waals surface area contributed by atoms with E-state index in [0.29, 0.717) is 11.3 Å². The van der Waals surface area contributed by atoms with Crippen LogP contribution in [0.2, 0.25) is 0 Å². The van der Waals surface area contributed by atoms with Crippen molar-refractivity contribution in [1.29, 1.82) is 0 Å². The number of nitrogens with zero attached hydrogens (tertiary/aromatic N) is 1. The summed E-state index contributed by atoms with van der Waals surface area (Å²) in [6.45, 7) is -0.260. The van der Waals surface area contributed by atoms with Crippen molar-refractivity contribution in [2.24, 2.45) is 0 Å². The number of rotatable bonds is 2. The van der Waals surface area contributed by atoms with Crippen molar-refractivity contribution in [3.05, 3.63) is 63.7 Å². The van der Waals surface area contributed by atoms with Gasteiger partial charge in [-0.1, -0.05) is 23.8 Å². The molecule has 3 rings (SSSR count). The van der Waals surface area contributed by atoms with Gasteiger partial charge >= 0.3 is 0 Å². The number of hydrogen-bond acceptors (Lipinski definition) is 2. The molecule has 1 atom stereocenters. The molecule has 0 saturated heterocycles. The molecule has 0 spiro atoms. The highest BCUT2D eigenvalue weighted by atomic mass is 32.2. The number of aryl methyl sites for hydroxylation is 2. The molecular weight excluding hydrogens is 274 g/mol. The van der Waals surface area contributed by atoms with Gasteiger partial charge in [0.1, 0.15) is 0 Å². The van der Waals surface area contributed by atoms with Crippen LogP contribution in [0.5, 0.6) is 0 Å². The highest BCUT2D eigenvalue weighted by Crippen LogP contribution is 2.42. The second-order valence-corrected chi connectivity index (χ2v) is 6.57. The van der Waals surface area contributed by atoms with Crippen molar-refractivity contribution < 1.29 is 8.22 Å². The Balaban J connectivity index is 2.07. The Morgan fingerprint density at radius 1 is 1.19 bits per heavy atom. The van der Waals surface area contributed by atoms with Gasteiger partial charge in [0.15, 0.2) is 0 Å². The molecule has 108 valence electrons. The van der Waals surface area contributed by atoms with Gasteiger partial charge in [0.2, 0.25) is 0 Å². The second-order valence-electron chi connectivity index (χ2n) is 5.34. The van der Waals surface area contributed by atoms with Crippen LogP contribution in [0.15, 0.2) is 47.0 Å². The number of thioether (sulfide) groups is 1. The summed E-state index contributed by atoms with van der Waals surface area (Å²) in [7, 11) is 0. The smallest absolute Gasteiger partial charge is 0.0702 e. The Hall–Kier alpha value is -1.54. The van der Waals surface area contributed by atoms with Gasteiger partial charge in [0.25, 0.3) is 0 Å². The average molecular weight is 301 g/mol. The molecule has 21 heavy (non-hydrogen) atoms. The molecular formula is C19H21NS. The molecule has 0 fully saturated rings. The summed E-state index contributed by atoms with van der Waals surface area (Å²) in [5.74, 6) is 0.891. The minimum absolute atomic E-state index is 0.0621. The molecule has 0 amide bonds. The van der Waals surface area contributed by atoms with E-state index in [2.05, 4.69) is 18.8 Å². The van der Waals surface area contributed by atoms with Gasteiger partial charge in [0.05, 0.1) is 5.69 Å². The molecule has 1 nitrogen and oxygen atoms in total. The largest absolute Gasteiger partial charge is 0.256 e. The quantitative estimate of drug-likeness (QED) is 0.727. The zero-order valence-corrected chi connectivity index (χ0v) is 12.9. The van der Waals surface area contributed by atoms with Crippen molar-refractivity contribution >= 4 is 11.8 Å². The van der Waals surface area contributed by atoms with Crippen molar-refractivity contribution in [2.75, 3.05) is 5.75 Å². The molecule has 1 aromatic carbocycles.